The van der Waals surface area contributed by atoms with Gasteiger partial charge in [0, 0.05) is 21.2 Å². The number of carbonyl (C=O) groups excluding carboxylic acids is 1. The number of anilines is 1. The molecule has 4 heteroatoms. The molecule has 0 aliphatic heterocycles. The molecule has 1 aromatic heterocycles. The van der Waals surface area contributed by atoms with Gasteiger partial charge >= 0.3 is 0 Å². The largest absolute Gasteiger partial charge is 0.321 e. The highest BCUT2D eigenvalue weighted by atomic mass is 35.5. The summed E-state index contributed by atoms with van der Waals surface area (Å²) in [5, 5.41) is 6.94. The van der Waals surface area contributed by atoms with Crippen LogP contribution in [0.5, 0.6) is 0 Å². The van der Waals surface area contributed by atoms with Crippen molar-refractivity contribution in [3.05, 3.63) is 75.6 Å². The molecule has 0 saturated carbocycles. The molecule has 3 aromatic carbocycles. The van der Waals surface area contributed by atoms with Crippen molar-refractivity contribution in [3.63, 3.8) is 0 Å². The van der Waals surface area contributed by atoms with E-state index in [1.807, 2.05) is 30.3 Å². The summed E-state index contributed by atoms with van der Waals surface area (Å²) in [6.07, 6.45) is 2.15. The van der Waals surface area contributed by atoms with Crippen LogP contribution in [0, 0.1) is 0 Å². The number of hydrogen-bond donors (Lipinski definition) is 1. The minimum Gasteiger partial charge on any atom is -0.321 e. The van der Waals surface area contributed by atoms with E-state index in [2.05, 4.69) is 29.6 Å². The summed E-state index contributed by atoms with van der Waals surface area (Å²) >= 11 is 7.88. The van der Waals surface area contributed by atoms with E-state index in [1.165, 1.54) is 27.8 Å². The molecule has 0 bridgehead atoms. The van der Waals surface area contributed by atoms with E-state index >= 15 is 0 Å². The highest BCUT2D eigenvalue weighted by molar-refractivity contribution is 7.21. The summed E-state index contributed by atoms with van der Waals surface area (Å²) in [6, 6.07) is 18.3. The number of amides is 1. The molecular formula is C21H14ClNOS. The number of thiophene rings is 1. The smallest absolute Gasteiger partial charge is 0.267 e. The Bertz CT molecular complexity index is 1150. The third-order valence-electron chi connectivity index (χ3n) is 4.87. The van der Waals surface area contributed by atoms with Crippen molar-refractivity contribution >= 4 is 55.4 Å². The van der Waals surface area contributed by atoms with Gasteiger partial charge in [-0.3, -0.25) is 4.79 Å². The number of aryl methyl sites for hydroxylation is 2. The van der Waals surface area contributed by atoms with E-state index in [-0.39, 0.29) is 5.91 Å². The van der Waals surface area contributed by atoms with Crippen molar-refractivity contribution in [3.8, 4) is 0 Å². The Balaban J connectivity index is 1.59. The Hall–Kier alpha value is -2.36. The SMILES string of the molecule is O=C(Nc1ccc2c3c(cccc13)CC2)c1sc2ccccc2c1Cl. The van der Waals surface area contributed by atoms with E-state index < -0.39 is 0 Å². The van der Waals surface area contributed by atoms with Crippen LogP contribution in [0.4, 0.5) is 5.69 Å². The predicted molar refractivity (Wildman–Crippen MR) is 106 cm³/mol. The van der Waals surface area contributed by atoms with Crippen LogP contribution >= 0.6 is 22.9 Å². The van der Waals surface area contributed by atoms with E-state index in [4.69, 9.17) is 11.6 Å². The fourth-order valence-corrected chi connectivity index (χ4v) is 5.11. The number of rotatable bonds is 2. The van der Waals surface area contributed by atoms with Crippen molar-refractivity contribution in [2.75, 3.05) is 5.32 Å². The van der Waals surface area contributed by atoms with Gasteiger partial charge in [-0.2, -0.15) is 0 Å². The van der Waals surface area contributed by atoms with Crippen molar-refractivity contribution in [2.45, 2.75) is 12.8 Å². The first kappa shape index (κ1) is 14.9. The molecule has 1 amide bonds. The van der Waals surface area contributed by atoms with Crippen LogP contribution in [0.15, 0.2) is 54.6 Å². The number of hydrogen-bond acceptors (Lipinski definition) is 2. The van der Waals surface area contributed by atoms with E-state index in [9.17, 15) is 4.79 Å². The zero-order chi connectivity index (χ0) is 17.0. The average molecular weight is 364 g/mol. The molecule has 25 heavy (non-hydrogen) atoms. The molecule has 0 spiro atoms. The predicted octanol–water partition coefficient (Wildman–Crippen LogP) is 6.06. The first-order valence-corrected chi connectivity index (χ1v) is 9.43. The Labute approximate surface area is 154 Å². The lowest BCUT2D eigenvalue weighted by Gasteiger charge is -2.10. The zero-order valence-corrected chi connectivity index (χ0v) is 14.9. The van der Waals surface area contributed by atoms with Gasteiger partial charge in [0.15, 0.2) is 0 Å². The second kappa shape index (κ2) is 5.58. The third-order valence-corrected chi connectivity index (χ3v) is 6.54. The molecule has 122 valence electrons. The normalized spacial score (nSPS) is 12.8. The Morgan fingerprint density at radius 1 is 0.920 bits per heavy atom. The second-order valence-corrected chi connectivity index (χ2v) is 7.74. The number of nitrogens with one attached hydrogen (secondary N) is 1. The molecule has 5 rings (SSSR count). The quantitative estimate of drug-likeness (QED) is 0.461. The van der Waals surface area contributed by atoms with E-state index in [1.54, 1.807) is 0 Å². The van der Waals surface area contributed by atoms with Crippen molar-refractivity contribution in [2.24, 2.45) is 0 Å². The number of benzene rings is 3. The maximum atomic E-state index is 12.8. The highest BCUT2D eigenvalue weighted by Crippen LogP contribution is 2.38. The van der Waals surface area contributed by atoms with Gasteiger partial charge in [0.25, 0.3) is 5.91 Å². The first-order valence-electron chi connectivity index (χ1n) is 8.24. The number of fused-ring (bicyclic) bond motifs is 1. The van der Waals surface area contributed by atoms with Crippen LogP contribution in [0.2, 0.25) is 5.02 Å². The van der Waals surface area contributed by atoms with E-state index in [0.717, 1.165) is 34.0 Å². The topological polar surface area (TPSA) is 29.1 Å². The monoisotopic (exact) mass is 363 g/mol. The summed E-state index contributed by atoms with van der Waals surface area (Å²) in [4.78, 5) is 13.4. The minimum atomic E-state index is -0.148. The van der Waals surface area contributed by atoms with Crippen molar-refractivity contribution in [1.82, 2.24) is 0 Å². The van der Waals surface area contributed by atoms with E-state index in [0.29, 0.717) is 9.90 Å². The molecule has 0 saturated heterocycles. The Morgan fingerprint density at radius 3 is 2.52 bits per heavy atom. The molecule has 0 radical (unpaired) electrons. The number of halogens is 1. The standard InChI is InChI=1S/C21H14ClNOS/c22-19-15-5-1-2-7-17(15)25-20(19)21(24)23-16-11-10-13-9-8-12-4-3-6-14(16)18(12)13/h1-7,10-11H,8-9H2,(H,23,24). The van der Waals surface area contributed by atoms with Crippen molar-refractivity contribution in [1.29, 1.82) is 0 Å². The molecule has 0 unspecified atom stereocenters. The van der Waals surface area contributed by atoms with Crippen molar-refractivity contribution < 1.29 is 4.79 Å². The summed E-state index contributed by atoms with van der Waals surface area (Å²) in [5.41, 5.74) is 3.58. The molecule has 2 nitrogen and oxygen atoms in total. The summed E-state index contributed by atoms with van der Waals surface area (Å²) in [5.74, 6) is -0.148. The highest BCUT2D eigenvalue weighted by Gasteiger charge is 2.20. The molecule has 0 fully saturated rings. The summed E-state index contributed by atoms with van der Waals surface area (Å²) in [6.45, 7) is 0. The summed E-state index contributed by atoms with van der Waals surface area (Å²) in [7, 11) is 0. The van der Waals surface area contributed by atoms with Crippen LogP contribution in [0.25, 0.3) is 20.9 Å². The average Bonchev–Trinajstić information content (AvgIpc) is 3.20. The van der Waals surface area contributed by atoms with Gasteiger partial charge in [0.05, 0.1) is 5.02 Å². The Morgan fingerprint density at radius 2 is 1.68 bits per heavy atom. The van der Waals surface area contributed by atoms with Gasteiger partial charge < -0.3 is 5.32 Å². The van der Waals surface area contributed by atoms with Gasteiger partial charge in [-0.15, -0.1) is 11.3 Å². The molecule has 0 atom stereocenters. The van der Waals surface area contributed by atoms with Crippen LogP contribution < -0.4 is 5.32 Å². The molecular weight excluding hydrogens is 350 g/mol. The van der Waals surface area contributed by atoms with Crippen LogP contribution in [-0.2, 0) is 12.8 Å². The van der Waals surface area contributed by atoms with Crippen LogP contribution in [-0.4, -0.2) is 5.91 Å². The van der Waals surface area contributed by atoms with Crippen LogP contribution in [0.1, 0.15) is 20.8 Å². The third kappa shape index (κ3) is 2.27. The minimum absolute atomic E-state index is 0.148. The molecule has 1 N–H and O–H groups in total. The lowest BCUT2D eigenvalue weighted by Crippen LogP contribution is -2.11. The Kier molecular flexibility index (Phi) is 3.34. The lowest BCUT2D eigenvalue weighted by atomic mass is 10.0. The second-order valence-electron chi connectivity index (χ2n) is 6.31. The van der Waals surface area contributed by atoms with Crippen LogP contribution in [0.3, 0.4) is 0 Å². The maximum absolute atomic E-state index is 12.8. The fraction of sp³-hybridized carbons (Fsp3) is 0.0952. The molecule has 1 aliphatic carbocycles. The lowest BCUT2D eigenvalue weighted by molar-refractivity contribution is 0.103. The number of carbonyl (C=O) groups is 1. The molecule has 1 heterocycles. The van der Waals surface area contributed by atoms with Gasteiger partial charge in [-0.05, 0) is 41.5 Å². The van der Waals surface area contributed by atoms with Gasteiger partial charge in [-0.1, -0.05) is 54.1 Å². The molecule has 4 aromatic rings. The first-order chi connectivity index (χ1) is 12.2. The van der Waals surface area contributed by atoms with Gasteiger partial charge in [0.1, 0.15) is 4.88 Å². The summed E-state index contributed by atoms with van der Waals surface area (Å²) < 4.78 is 1.03. The van der Waals surface area contributed by atoms with Gasteiger partial charge in [-0.25, -0.2) is 0 Å². The van der Waals surface area contributed by atoms with Gasteiger partial charge in [0.2, 0.25) is 0 Å². The maximum Gasteiger partial charge on any atom is 0.267 e. The zero-order valence-electron chi connectivity index (χ0n) is 13.3. The molecule has 1 aliphatic rings. The fourth-order valence-electron chi connectivity index (χ4n) is 3.69.